The Morgan fingerprint density at radius 1 is 0.393 bits per heavy atom. The number of furan rings is 1. The van der Waals surface area contributed by atoms with Gasteiger partial charge < -0.3 is 13.9 Å². The van der Waals surface area contributed by atoms with Crippen LogP contribution in [0.4, 0.5) is 17.1 Å². The van der Waals surface area contributed by atoms with Gasteiger partial charge in [0.05, 0.1) is 29.1 Å². The lowest BCUT2D eigenvalue weighted by Crippen LogP contribution is -2.10. The van der Waals surface area contributed by atoms with Gasteiger partial charge in [0.15, 0.2) is 0 Å². The summed E-state index contributed by atoms with van der Waals surface area (Å²) in [6.45, 7) is 0. The van der Waals surface area contributed by atoms with E-state index in [9.17, 15) is 5.48 Å². The highest BCUT2D eigenvalue weighted by molar-refractivity contribution is 6.24. The predicted molar refractivity (Wildman–Crippen MR) is 257 cm³/mol. The quantitative estimate of drug-likeness (QED) is 0.160. The molecule has 0 atom stereocenters. The lowest BCUT2D eigenvalue weighted by atomic mass is 9.95. The van der Waals surface area contributed by atoms with Crippen LogP contribution in [0.1, 0.15) is 12.3 Å². The maximum absolute atomic E-state index is 9.71. The smallest absolute Gasteiger partial charge is 0.138 e. The van der Waals surface area contributed by atoms with Gasteiger partial charge in [0.1, 0.15) is 11.2 Å². The number of hydrogen-bond acceptors (Lipinski definition) is 2. The number of rotatable bonds is 7. The molecule has 0 fully saturated rings. The monoisotopic (exact) mass is 787 g/mol. The Labute approximate surface area is 366 Å². The highest BCUT2D eigenvalue weighted by Gasteiger charge is 2.22. The van der Waals surface area contributed by atoms with Crippen molar-refractivity contribution in [3.05, 3.63) is 230 Å². The van der Waals surface area contributed by atoms with Crippen molar-refractivity contribution in [3.63, 3.8) is 0 Å². The molecule has 61 heavy (non-hydrogen) atoms. The third-order valence-corrected chi connectivity index (χ3v) is 11.5. The average molecular weight is 788 g/mol. The van der Waals surface area contributed by atoms with Crippen LogP contribution in [0.15, 0.2) is 235 Å². The molecule has 0 saturated carbocycles. The molecular weight excluding hydrogens is 741 g/mol. The summed E-state index contributed by atoms with van der Waals surface area (Å²) in [4.78, 5) is 1.69. The molecule has 3 heteroatoms. The highest BCUT2D eigenvalue weighted by Crippen LogP contribution is 2.47. The van der Waals surface area contributed by atoms with E-state index in [1.165, 1.54) is 0 Å². The van der Waals surface area contributed by atoms with Gasteiger partial charge in [-0.1, -0.05) is 164 Å². The number of benzene rings is 10. The van der Waals surface area contributed by atoms with E-state index in [-0.39, 0.29) is 5.69 Å². The Kier molecular flexibility index (Phi) is 6.28. The summed E-state index contributed by atoms with van der Waals surface area (Å²) < 4.78 is 89.9. The van der Waals surface area contributed by atoms with Crippen molar-refractivity contribution < 1.29 is 16.8 Å². The van der Waals surface area contributed by atoms with Gasteiger partial charge >= 0.3 is 0 Å². The number of fused-ring (bicyclic) bond motifs is 8. The molecule has 2 aromatic heterocycles. The molecule has 12 aromatic rings. The SMILES string of the molecule is [2H]c1c([2H])c([2H])c(-c2c([2H])c([2H])c(N(c3ccc(-c4ccccc4)cc3)c3cc(-c4ccc5c6ccccc6n(-c6ccccc6)c5c4)c4c(c3)oc3ccc5ccccc5c34)c([2H])c2[2H])c([2H])c1[2H]. The number of hydrogen-bond donors (Lipinski definition) is 0. The number of para-hydroxylation sites is 2. The fourth-order valence-electron chi connectivity index (χ4n) is 8.76. The summed E-state index contributed by atoms with van der Waals surface area (Å²) in [6, 6.07) is 53.4. The minimum atomic E-state index is -0.640. The first kappa shape index (κ1) is 26.8. The first-order chi connectivity index (χ1) is 34.0. The second-order valence-electron chi connectivity index (χ2n) is 15.0. The van der Waals surface area contributed by atoms with Gasteiger partial charge in [-0.05, 0) is 105 Å². The second kappa shape index (κ2) is 14.3. The van der Waals surface area contributed by atoms with Crippen molar-refractivity contribution in [2.75, 3.05) is 4.90 Å². The summed E-state index contributed by atoms with van der Waals surface area (Å²) in [5, 5.41) is 5.99. The van der Waals surface area contributed by atoms with Gasteiger partial charge in [-0.2, -0.15) is 0 Å². The van der Waals surface area contributed by atoms with E-state index in [1.54, 1.807) is 4.90 Å². The molecule has 0 amide bonds. The molecule has 0 aliphatic rings. The van der Waals surface area contributed by atoms with Crippen molar-refractivity contribution in [2.24, 2.45) is 0 Å². The van der Waals surface area contributed by atoms with Gasteiger partial charge in [0.25, 0.3) is 0 Å². The molecule has 286 valence electrons. The molecule has 0 aliphatic carbocycles. The molecule has 0 aliphatic heterocycles. The second-order valence-corrected chi connectivity index (χ2v) is 15.0. The van der Waals surface area contributed by atoms with E-state index in [2.05, 4.69) is 59.2 Å². The minimum Gasteiger partial charge on any atom is -0.456 e. The average Bonchev–Trinajstić information content (AvgIpc) is 3.95. The fourth-order valence-corrected chi connectivity index (χ4v) is 8.76. The van der Waals surface area contributed by atoms with E-state index in [0.717, 1.165) is 71.3 Å². The molecule has 0 bridgehead atoms. The van der Waals surface area contributed by atoms with Crippen LogP contribution >= 0.6 is 0 Å². The molecule has 10 aromatic carbocycles. The molecular formula is C58H38N2O. The molecule has 0 unspecified atom stereocenters. The van der Waals surface area contributed by atoms with Crippen LogP contribution in [0.25, 0.3) is 93.6 Å². The largest absolute Gasteiger partial charge is 0.456 e. The summed E-state index contributed by atoms with van der Waals surface area (Å²) in [6.07, 6.45) is 0. The van der Waals surface area contributed by atoms with E-state index in [1.807, 2.05) is 121 Å². The first-order valence-electron chi connectivity index (χ1n) is 24.6. The van der Waals surface area contributed by atoms with Crippen LogP contribution < -0.4 is 4.90 Å². The molecule has 0 radical (unpaired) electrons. The van der Waals surface area contributed by atoms with Crippen LogP contribution in [0.5, 0.6) is 0 Å². The fraction of sp³-hybridized carbons (Fsp3) is 0. The molecule has 3 nitrogen and oxygen atoms in total. The summed E-state index contributed by atoms with van der Waals surface area (Å²) >= 11 is 0. The Morgan fingerprint density at radius 3 is 1.85 bits per heavy atom. The van der Waals surface area contributed by atoms with Crippen molar-refractivity contribution in [1.29, 1.82) is 0 Å². The van der Waals surface area contributed by atoms with Gasteiger partial charge in [-0.25, -0.2) is 0 Å². The third-order valence-electron chi connectivity index (χ3n) is 11.5. The standard InChI is InChI=1S/C58H38N2O/c1-4-14-39(15-5-1)41-24-30-46(31-25-41)59(47-32-26-42(27-33-47)40-16-6-2-7-17-40)48-37-52(58-56(38-48)61-55-35-29-43-18-10-11-21-49(43)57(55)58)44-28-34-51-50-22-12-13-23-53(50)60(54(51)36-44)45-19-8-3-9-20-45/h1-38H/i1D,4D,5D,14D,15D,24D,25D,30D,31D. The topological polar surface area (TPSA) is 21.3 Å². The molecule has 0 saturated heterocycles. The summed E-state index contributed by atoms with van der Waals surface area (Å²) in [5.41, 5.74) is 7.88. The Bertz CT molecular complexity index is 4050. The molecule has 0 N–H and O–H groups in total. The van der Waals surface area contributed by atoms with Gasteiger partial charge in [-0.15, -0.1) is 0 Å². The summed E-state index contributed by atoms with van der Waals surface area (Å²) in [5.74, 6) is 0. The summed E-state index contributed by atoms with van der Waals surface area (Å²) in [7, 11) is 0. The zero-order chi connectivity index (χ0) is 48.1. The van der Waals surface area contributed by atoms with E-state index in [4.69, 9.17) is 11.3 Å². The van der Waals surface area contributed by atoms with Crippen LogP contribution in [0.3, 0.4) is 0 Å². The zero-order valence-electron chi connectivity index (χ0n) is 41.5. The molecule has 12 rings (SSSR count). The Balaban J connectivity index is 1.17. The Morgan fingerprint density at radius 2 is 1.05 bits per heavy atom. The van der Waals surface area contributed by atoms with Crippen molar-refractivity contribution in [3.8, 4) is 39.1 Å². The van der Waals surface area contributed by atoms with Crippen LogP contribution in [0.2, 0.25) is 0 Å². The van der Waals surface area contributed by atoms with Crippen molar-refractivity contribution in [2.45, 2.75) is 0 Å². The van der Waals surface area contributed by atoms with Crippen LogP contribution in [0, 0.1) is 0 Å². The van der Waals surface area contributed by atoms with Crippen molar-refractivity contribution >= 4 is 71.6 Å². The van der Waals surface area contributed by atoms with Crippen LogP contribution in [-0.4, -0.2) is 4.57 Å². The van der Waals surface area contributed by atoms with E-state index in [0.29, 0.717) is 22.5 Å². The lowest BCUT2D eigenvalue weighted by Gasteiger charge is -2.27. The van der Waals surface area contributed by atoms with Crippen molar-refractivity contribution in [1.82, 2.24) is 4.57 Å². The number of nitrogens with zero attached hydrogens (tertiary/aromatic N) is 2. The van der Waals surface area contributed by atoms with Gasteiger partial charge in [-0.3, -0.25) is 0 Å². The first-order valence-corrected chi connectivity index (χ1v) is 20.1. The highest BCUT2D eigenvalue weighted by atomic mass is 16.3. The normalized spacial score (nSPS) is 13.7. The van der Waals surface area contributed by atoms with E-state index < -0.39 is 65.5 Å². The molecule has 2 heterocycles. The maximum atomic E-state index is 9.71. The third kappa shape index (κ3) is 5.90. The van der Waals surface area contributed by atoms with E-state index >= 15 is 0 Å². The van der Waals surface area contributed by atoms with Gasteiger partial charge in [0, 0.05) is 44.7 Å². The van der Waals surface area contributed by atoms with Crippen LogP contribution in [-0.2, 0) is 0 Å². The minimum absolute atomic E-state index is 0.106. The number of anilines is 3. The number of aromatic nitrogens is 1. The Hall–Kier alpha value is -8.14. The predicted octanol–water partition coefficient (Wildman–Crippen LogP) is 16.3. The molecule has 0 spiro atoms. The lowest BCUT2D eigenvalue weighted by molar-refractivity contribution is 0.669. The van der Waals surface area contributed by atoms with Gasteiger partial charge in [0.2, 0.25) is 0 Å². The maximum Gasteiger partial charge on any atom is 0.138 e. The zero-order valence-corrected chi connectivity index (χ0v) is 32.5.